The number of rotatable bonds is 8. The maximum Gasteiger partial charge on any atom is 0.120 e. The van der Waals surface area contributed by atoms with Crippen molar-refractivity contribution >= 4 is 6.29 Å². The summed E-state index contributed by atoms with van der Waals surface area (Å²) in [6, 6.07) is 19.7. The van der Waals surface area contributed by atoms with Gasteiger partial charge in [0.25, 0.3) is 0 Å². The number of aldehydes is 1. The summed E-state index contributed by atoms with van der Waals surface area (Å²) in [5.41, 5.74) is 3.69. The van der Waals surface area contributed by atoms with Crippen molar-refractivity contribution in [3.8, 4) is 11.1 Å². The second-order valence-corrected chi connectivity index (χ2v) is 8.80. The van der Waals surface area contributed by atoms with Crippen LogP contribution in [0.15, 0.2) is 54.6 Å². The number of hydrogen-bond acceptors (Lipinski definition) is 4. The van der Waals surface area contributed by atoms with E-state index in [0.717, 1.165) is 45.3 Å². The molecule has 0 bridgehead atoms. The normalized spacial score (nSPS) is 25.4. The van der Waals surface area contributed by atoms with E-state index in [1.807, 2.05) is 6.07 Å². The summed E-state index contributed by atoms with van der Waals surface area (Å²) < 4.78 is 6.43. The van der Waals surface area contributed by atoms with Crippen LogP contribution in [0.4, 0.5) is 0 Å². The molecule has 30 heavy (non-hydrogen) atoms. The van der Waals surface area contributed by atoms with Crippen LogP contribution in [0.5, 0.6) is 0 Å². The van der Waals surface area contributed by atoms with Crippen LogP contribution in [0, 0.1) is 5.92 Å². The van der Waals surface area contributed by atoms with Gasteiger partial charge in [0.05, 0.1) is 12.7 Å². The molecule has 2 fully saturated rings. The van der Waals surface area contributed by atoms with Crippen LogP contribution in [0.25, 0.3) is 11.1 Å². The van der Waals surface area contributed by atoms with Crippen molar-refractivity contribution in [2.75, 3.05) is 33.2 Å². The van der Waals surface area contributed by atoms with Crippen molar-refractivity contribution in [3.63, 3.8) is 0 Å². The molecule has 4 heteroatoms. The second kappa shape index (κ2) is 10.3. The molecule has 0 N–H and O–H groups in total. The van der Waals surface area contributed by atoms with Gasteiger partial charge in [-0.2, -0.15) is 0 Å². The number of piperazine rings is 1. The molecule has 0 radical (unpaired) electrons. The summed E-state index contributed by atoms with van der Waals surface area (Å²) in [6.07, 6.45) is 5.19. The highest BCUT2D eigenvalue weighted by Crippen LogP contribution is 2.36. The Morgan fingerprint density at radius 2 is 1.63 bits per heavy atom. The van der Waals surface area contributed by atoms with E-state index in [-0.39, 0.29) is 6.10 Å². The van der Waals surface area contributed by atoms with E-state index in [0.29, 0.717) is 25.0 Å². The third kappa shape index (κ3) is 5.18. The summed E-state index contributed by atoms with van der Waals surface area (Å²) in [6.45, 7) is 5.18. The van der Waals surface area contributed by atoms with Gasteiger partial charge in [0.1, 0.15) is 6.29 Å². The Balaban J connectivity index is 1.36. The van der Waals surface area contributed by atoms with Crippen molar-refractivity contribution in [2.45, 2.75) is 44.4 Å². The zero-order valence-electron chi connectivity index (χ0n) is 18.1. The van der Waals surface area contributed by atoms with Crippen LogP contribution < -0.4 is 0 Å². The Bertz CT molecular complexity index is 784. The van der Waals surface area contributed by atoms with Gasteiger partial charge >= 0.3 is 0 Å². The zero-order chi connectivity index (χ0) is 20.8. The van der Waals surface area contributed by atoms with E-state index >= 15 is 0 Å². The van der Waals surface area contributed by atoms with Gasteiger partial charge in [-0.3, -0.25) is 4.90 Å². The smallest absolute Gasteiger partial charge is 0.120 e. The van der Waals surface area contributed by atoms with Gasteiger partial charge in [0, 0.05) is 44.6 Å². The molecule has 0 aromatic heterocycles. The Morgan fingerprint density at radius 3 is 2.33 bits per heavy atom. The maximum atomic E-state index is 11.1. The van der Waals surface area contributed by atoms with Gasteiger partial charge in [-0.05, 0) is 43.0 Å². The molecule has 0 amide bonds. The maximum absolute atomic E-state index is 11.1. The predicted molar refractivity (Wildman–Crippen MR) is 121 cm³/mol. The van der Waals surface area contributed by atoms with E-state index in [1.165, 1.54) is 23.1 Å². The highest BCUT2D eigenvalue weighted by atomic mass is 16.5. The Labute approximate surface area is 180 Å². The molecular formula is C26H34N2O2. The van der Waals surface area contributed by atoms with E-state index < -0.39 is 0 Å². The van der Waals surface area contributed by atoms with Gasteiger partial charge in [0.2, 0.25) is 0 Å². The minimum atomic E-state index is 0.253. The summed E-state index contributed by atoms with van der Waals surface area (Å²) >= 11 is 0. The number of carbonyl (C=O) groups is 1. The first kappa shape index (κ1) is 21.2. The second-order valence-electron chi connectivity index (χ2n) is 8.80. The van der Waals surface area contributed by atoms with Gasteiger partial charge in [-0.25, -0.2) is 0 Å². The van der Waals surface area contributed by atoms with Crippen LogP contribution in [-0.2, 0) is 16.1 Å². The standard InChI is InChI=1S/C26H34N2O2/c1-27-15-17-28(18-16-27)25-13-14-26(24(25)8-5-19-29)30-20-21-9-11-23(12-10-21)22-6-3-2-4-7-22/h2-4,6-7,9-12,19,24-26H,5,8,13-18,20H2,1H3/t24-,25+,26+/m0/s1. The number of carbonyl (C=O) groups excluding carboxylic acids is 1. The summed E-state index contributed by atoms with van der Waals surface area (Å²) in [7, 11) is 2.20. The Morgan fingerprint density at radius 1 is 0.933 bits per heavy atom. The lowest BCUT2D eigenvalue weighted by atomic mass is 9.94. The lowest BCUT2D eigenvalue weighted by Crippen LogP contribution is -2.50. The fraction of sp³-hybridized carbons (Fsp3) is 0.500. The van der Waals surface area contributed by atoms with E-state index in [2.05, 4.69) is 65.4 Å². The van der Waals surface area contributed by atoms with Crippen molar-refractivity contribution < 1.29 is 9.53 Å². The highest BCUT2D eigenvalue weighted by molar-refractivity contribution is 5.63. The first-order chi connectivity index (χ1) is 14.7. The van der Waals surface area contributed by atoms with Crippen molar-refractivity contribution in [2.24, 2.45) is 5.92 Å². The largest absolute Gasteiger partial charge is 0.373 e. The van der Waals surface area contributed by atoms with Crippen molar-refractivity contribution in [1.29, 1.82) is 0 Å². The minimum absolute atomic E-state index is 0.253. The molecule has 3 atom stereocenters. The third-order valence-corrected chi connectivity index (χ3v) is 6.87. The van der Waals surface area contributed by atoms with Gasteiger partial charge in [-0.1, -0.05) is 54.6 Å². The minimum Gasteiger partial charge on any atom is -0.373 e. The Hall–Kier alpha value is -2.01. The predicted octanol–water partition coefficient (Wildman–Crippen LogP) is 4.24. The molecule has 1 aliphatic carbocycles. The van der Waals surface area contributed by atoms with E-state index in [4.69, 9.17) is 4.74 Å². The topological polar surface area (TPSA) is 32.8 Å². The van der Waals surface area contributed by atoms with Crippen molar-refractivity contribution in [1.82, 2.24) is 9.80 Å². The number of ether oxygens (including phenoxy) is 1. The summed E-state index contributed by atoms with van der Waals surface area (Å²) in [5, 5.41) is 0. The van der Waals surface area contributed by atoms with Gasteiger partial charge in [0.15, 0.2) is 0 Å². The molecule has 2 aromatic carbocycles. The number of likely N-dealkylation sites (N-methyl/N-ethyl adjacent to an activating group) is 1. The average molecular weight is 407 g/mol. The quantitative estimate of drug-likeness (QED) is 0.614. The van der Waals surface area contributed by atoms with E-state index in [9.17, 15) is 4.79 Å². The molecule has 1 saturated heterocycles. The summed E-state index contributed by atoms with van der Waals surface area (Å²) in [4.78, 5) is 16.1. The number of hydrogen-bond donors (Lipinski definition) is 0. The third-order valence-electron chi connectivity index (χ3n) is 6.87. The highest BCUT2D eigenvalue weighted by Gasteiger charge is 2.40. The zero-order valence-corrected chi connectivity index (χ0v) is 18.1. The molecule has 2 aliphatic rings. The molecule has 0 unspecified atom stereocenters. The molecule has 1 heterocycles. The molecule has 2 aromatic rings. The number of benzene rings is 2. The summed E-state index contributed by atoms with van der Waals surface area (Å²) in [5.74, 6) is 0.460. The lowest BCUT2D eigenvalue weighted by molar-refractivity contribution is -0.108. The molecule has 1 aliphatic heterocycles. The molecule has 4 nitrogen and oxygen atoms in total. The van der Waals surface area contributed by atoms with Crippen LogP contribution in [0.2, 0.25) is 0 Å². The average Bonchev–Trinajstić information content (AvgIpc) is 3.20. The van der Waals surface area contributed by atoms with Gasteiger partial charge in [-0.15, -0.1) is 0 Å². The fourth-order valence-corrected chi connectivity index (χ4v) is 5.09. The van der Waals surface area contributed by atoms with Gasteiger partial charge < -0.3 is 14.4 Å². The molecule has 1 saturated carbocycles. The molecular weight excluding hydrogens is 372 g/mol. The van der Waals surface area contributed by atoms with Crippen LogP contribution in [-0.4, -0.2) is 61.5 Å². The molecule has 0 spiro atoms. The SMILES string of the molecule is CN1CCN([C@@H]2CC[C@@H](OCc3ccc(-c4ccccc4)cc3)[C@H]2CCC=O)CC1. The van der Waals surface area contributed by atoms with Crippen LogP contribution >= 0.6 is 0 Å². The Kier molecular flexibility index (Phi) is 7.32. The monoisotopic (exact) mass is 406 g/mol. The molecule has 4 rings (SSSR count). The van der Waals surface area contributed by atoms with E-state index in [1.54, 1.807) is 0 Å². The lowest BCUT2D eigenvalue weighted by Gasteiger charge is -2.39. The van der Waals surface area contributed by atoms with Crippen molar-refractivity contribution in [3.05, 3.63) is 60.2 Å². The molecule has 160 valence electrons. The number of nitrogens with zero attached hydrogens (tertiary/aromatic N) is 2. The van der Waals surface area contributed by atoms with Crippen LogP contribution in [0.1, 0.15) is 31.2 Å². The first-order valence-electron chi connectivity index (χ1n) is 11.4. The van der Waals surface area contributed by atoms with Crippen LogP contribution in [0.3, 0.4) is 0 Å². The first-order valence-corrected chi connectivity index (χ1v) is 11.4. The fourth-order valence-electron chi connectivity index (χ4n) is 5.09.